The number of phenols is 1. The smallest absolute Gasteiger partial charge is 0.255 e. The van der Waals surface area contributed by atoms with E-state index in [0.717, 1.165) is 0 Å². The summed E-state index contributed by atoms with van der Waals surface area (Å²) < 4.78 is 10.6. The summed E-state index contributed by atoms with van der Waals surface area (Å²) in [6, 6.07) is 4.33. The van der Waals surface area contributed by atoms with Crippen molar-refractivity contribution in [3.63, 3.8) is 0 Å². The molecule has 0 aliphatic carbocycles. The first-order valence-corrected chi connectivity index (χ1v) is 6.00. The molecule has 0 saturated carbocycles. The average molecular weight is 272 g/mol. The van der Waals surface area contributed by atoms with Gasteiger partial charge in [-0.25, -0.2) is 0 Å². The number of ether oxygens (including phenoxy) is 2. The summed E-state index contributed by atoms with van der Waals surface area (Å²) in [5.74, 6) is -0.484. The van der Waals surface area contributed by atoms with Gasteiger partial charge in [0.1, 0.15) is 5.75 Å². The molecule has 0 bridgehead atoms. The molecule has 18 heavy (non-hydrogen) atoms. The van der Waals surface area contributed by atoms with Crippen LogP contribution < -0.4 is 5.32 Å². The maximum atomic E-state index is 11.8. The van der Waals surface area contributed by atoms with Gasteiger partial charge in [0.05, 0.1) is 31.5 Å². The third-order valence-electron chi connectivity index (χ3n) is 2.58. The Hall–Kier alpha value is -1.30. The lowest BCUT2D eigenvalue weighted by Gasteiger charge is -2.23. The number of benzene rings is 1. The van der Waals surface area contributed by atoms with Crippen molar-refractivity contribution in [2.75, 3.05) is 26.4 Å². The number of hydrogen-bond acceptors (Lipinski definition) is 4. The molecule has 1 aromatic rings. The van der Waals surface area contributed by atoms with E-state index in [1.165, 1.54) is 18.2 Å². The first kappa shape index (κ1) is 13.1. The Bertz CT molecular complexity index is 432. The van der Waals surface area contributed by atoms with Gasteiger partial charge in [0.2, 0.25) is 0 Å². The first-order chi connectivity index (χ1) is 8.66. The molecule has 1 amide bonds. The predicted octanol–water partition coefficient (Wildman–Crippen LogP) is 1.19. The number of carbonyl (C=O) groups excluding carboxylic acids is 1. The molecule has 5 nitrogen and oxygen atoms in total. The zero-order valence-electron chi connectivity index (χ0n) is 9.69. The Kier molecular flexibility index (Phi) is 4.41. The molecular formula is C12H14ClNO4. The Morgan fingerprint density at radius 1 is 1.50 bits per heavy atom. The summed E-state index contributed by atoms with van der Waals surface area (Å²) in [4.78, 5) is 11.8. The van der Waals surface area contributed by atoms with E-state index in [2.05, 4.69) is 5.32 Å². The van der Waals surface area contributed by atoms with Gasteiger partial charge < -0.3 is 19.9 Å². The van der Waals surface area contributed by atoms with Gasteiger partial charge in [-0.15, -0.1) is 0 Å². The Morgan fingerprint density at radius 3 is 3.06 bits per heavy atom. The van der Waals surface area contributed by atoms with Crippen molar-refractivity contribution in [3.05, 3.63) is 28.8 Å². The molecule has 1 saturated heterocycles. The molecule has 6 heteroatoms. The largest absolute Gasteiger partial charge is 0.507 e. The Labute approximate surface area is 110 Å². The fourth-order valence-electron chi connectivity index (χ4n) is 1.65. The second-order valence-electron chi connectivity index (χ2n) is 3.94. The van der Waals surface area contributed by atoms with E-state index in [9.17, 15) is 9.90 Å². The van der Waals surface area contributed by atoms with Crippen molar-refractivity contribution in [1.29, 1.82) is 0 Å². The molecule has 1 aliphatic rings. The molecule has 98 valence electrons. The minimum absolute atomic E-state index is 0.0993. The molecule has 2 rings (SSSR count). The summed E-state index contributed by atoms with van der Waals surface area (Å²) in [7, 11) is 0. The summed E-state index contributed by atoms with van der Waals surface area (Å²) in [6.45, 7) is 1.91. The van der Waals surface area contributed by atoms with Crippen LogP contribution in [0.3, 0.4) is 0 Å². The van der Waals surface area contributed by atoms with Crippen molar-refractivity contribution < 1.29 is 19.4 Å². The Morgan fingerprint density at radius 2 is 2.33 bits per heavy atom. The molecule has 1 fully saturated rings. The van der Waals surface area contributed by atoms with Crippen LogP contribution in [0.15, 0.2) is 18.2 Å². The third kappa shape index (κ3) is 3.35. The number of nitrogens with one attached hydrogen (secondary N) is 1. The fraction of sp³-hybridized carbons (Fsp3) is 0.417. The highest BCUT2D eigenvalue weighted by Gasteiger charge is 2.17. The van der Waals surface area contributed by atoms with Crippen LogP contribution in [0.1, 0.15) is 10.4 Å². The molecule has 0 aromatic heterocycles. The number of amides is 1. The molecule has 2 N–H and O–H groups in total. The standard InChI is InChI=1S/C12H14ClNO4/c13-8-1-2-11(15)10(5-8)12(16)14-6-9-7-17-3-4-18-9/h1-2,5,9,15H,3-4,6-7H2,(H,14,16). The monoisotopic (exact) mass is 271 g/mol. The van der Waals surface area contributed by atoms with Gasteiger partial charge in [-0.05, 0) is 18.2 Å². The number of halogens is 1. The fourth-order valence-corrected chi connectivity index (χ4v) is 1.82. The van der Waals surface area contributed by atoms with Crippen molar-refractivity contribution in [2.45, 2.75) is 6.10 Å². The van der Waals surface area contributed by atoms with Crippen molar-refractivity contribution in [2.24, 2.45) is 0 Å². The maximum absolute atomic E-state index is 11.8. The SMILES string of the molecule is O=C(NCC1COCCO1)c1cc(Cl)ccc1O. The van der Waals surface area contributed by atoms with Gasteiger partial charge in [-0.1, -0.05) is 11.6 Å². The second kappa shape index (κ2) is 6.04. The first-order valence-electron chi connectivity index (χ1n) is 5.63. The van der Waals surface area contributed by atoms with Crippen LogP contribution in [0.2, 0.25) is 5.02 Å². The molecule has 1 unspecified atom stereocenters. The van der Waals surface area contributed by atoms with E-state index in [4.69, 9.17) is 21.1 Å². The highest BCUT2D eigenvalue weighted by molar-refractivity contribution is 6.31. The van der Waals surface area contributed by atoms with E-state index in [1.54, 1.807) is 0 Å². The third-order valence-corrected chi connectivity index (χ3v) is 2.81. The quantitative estimate of drug-likeness (QED) is 0.867. The minimum Gasteiger partial charge on any atom is -0.507 e. The highest BCUT2D eigenvalue weighted by atomic mass is 35.5. The summed E-state index contributed by atoms with van der Waals surface area (Å²) in [5.41, 5.74) is 0.152. The topological polar surface area (TPSA) is 67.8 Å². The molecule has 1 aliphatic heterocycles. The van der Waals surface area contributed by atoms with Crippen LogP contribution in [-0.4, -0.2) is 43.5 Å². The van der Waals surface area contributed by atoms with E-state index in [1.807, 2.05) is 0 Å². The molecule has 0 radical (unpaired) electrons. The lowest BCUT2D eigenvalue weighted by molar-refractivity contribution is -0.0855. The molecule has 1 atom stereocenters. The van der Waals surface area contributed by atoms with Crippen LogP contribution in [-0.2, 0) is 9.47 Å². The van der Waals surface area contributed by atoms with Crippen molar-refractivity contribution in [3.8, 4) is 5.75 Å². The van der Waals surface area contributed by atoms with Gasteiger partial charge in [-0.3, -0.25) is 4.79 Å². The van der Waals surface area contributed by atoms with Gasteiger partial charge >= 0.3 is 0 Å². The predicted molar refractivity (Wildman–Crippen MR) is 66.0 cm³/mol. The summed E-state index contributed by atoms with van der Waals surface area (Å²) in [5, 5.41) is 12.6. The van der Waals surface area contributed by atoms with Gasteiger partial charge in [0, 0.05) is 11.6 Å². The number of rotatable bonds is 3. The highest BCUT2D eigenvalue weighted by Crippen LogP contribution is 2.21. The van der Waals surface area contributed by atoms with Crippen LogP contribution in [0, 0.1) is 0 Å². The normalized spacial score (nSPS) is 19.5. The second-order valence-corrected chi connectivity index (χ2v) is 4.38. The van der Waals surface area contributed by atoms with Crippen LogP contribution >= 0.6 is 11.6 Å². The van der Waals surface area contributed by atoms with Crippen molar-refractivity contribution in [1.82, 2.24) is 5.32 Å². The van der Waals surface area contributed by atoms with Gasteiger partial charge in [0.25, 0.3) is 5.91 Å². The van der Waals surface area contributed by atoms with Gasteiger partial charge in [-0.2, -0.15) is 0 Å². The lowest BCUT2D eigenvalue weighted by atomic mass is 10.2. The van der Waals surface area contributed by atoms with E-state index >= 15 is 0 Å². The van der Waals surface area contributed by atoms with Crippen LogP contribution in [0.4, 0.5) is 0 Å². The zero-order valence-corrected chi connectivity index (χ0v) is 10.4. The molecule has 1 heterocycles. The van der Waals surface area contributed by atoms with E-state index < -0.39 is 0 Å². The number of carbonyl (C=O) groups is 1. The number of phenolic OH excluding ortho intramolecular Hbond substituents is 1. The summed E-state index contributed by atoms with van der Waals surface area (Å²) in [6.07, 6.45) is -0.149. The van der Waals surface area contributed by atoms with Crippen molar-refractivity contribution >= 4 is 17.5 Å². The maximum Gasteiger partial charge on any atom is 0.255 e. The average Bonchev–Trinajstić information content (AvgIpc) is 2.40. The minimum atomic E-state index is -0.385. The zero-order chi connectivity index (χ0) is 13.0. The molecule has 1 aromatic carbocycles. The van der Waals surface area contributed by atoms with E-state index in [-0.39, 0.29) is 23.3 Å². The van der Waals surface area contributed by atoms with Crippen LogP contribution in [0.25, 0.3) is 0 Å². The Balaban J connectivity index is 1.92. The number of hydrogen-bond donors (Lipinski definition) is 2. The summed E-state index contributed by atoms with van der Waals surface area (Å²) >= 11 is 5.77. The van der Waals surface area contributed by atoms with E-state index in [0.29, 0.717) is 31.4 Å². The number of aromatic hydroxyl groups is 1. The van der Waals surface area contributed by atoms with Crippen LogP contribution in [0.5, 0.6) is 5.75 Å². The van der Waals surface area contributed by atoms with Gasteiger partial charge in [0.15, 0.2) is 0 Å². The molecular weight excluding hydrogens is 258 g/mol. The lowest BCUT2D eigenvalue weighted by Crippen LogP contribution is -2.39. The molecule has 0 spiro atoms.